The second kappa shape index (κ2) is 6.65. The minimum Gasteiger partial charge on any atom is -0.270 e. The summed E-state index contributed by atoms with van der Waals surface area (Å²) in [6, 6.07) is 2.16. The van der Waals surface area contributed by atoms with E-state index in [1.165, 1.54) is 17.0 Å². The molecule has 0 saturated carbocycles. The van der Waals surface area contributed by atoms with Gasteiger partial charge in [-0.05, 0) is 32.3 Å². The number of aryl methyl sites for hydroxylation is 3. The van der Waals surface area contributed by atoms with Crippen molar-refractivity contribution >= 4 is 11.6 Å². The topological polar surface area (TPSA) is 35.6 Å². The molecule has 4 nitrogen and oxygen atoms in total. The fourth-order valence-electron chi connectivity index (χ4n) is 2.84. The van der Waals surface area contributed by atoms with Crippen molar-refractivity contribution in [2.45, 2.75) is 58.9 Å². The van der Waals surface area contributed by atoms with Crippen LogP contribution < -0.4 is 0 Å². The summed E-state index contributed by atoms with van der Waals surface area (Å²) < 4.78 is 4.05. The first-order valence-electron chi connectivity index (χ1n) is 7.75. The monoisotopic (exact) mass is 308 g/mol. The Hall–Kier alpha value is -1.29. The molecule has 1 unspecified atom stereocenters. The maximum Gasteiger partial charge on any atom is 0.0831 e. The molecule has 2 aromatic heterocycles. The molecule has 116 valence electrons. The fraction of sp³-hybridized carbons (Fsp3) is 0.625. The summed E-state index contributed by atoms with van der Waals surface area (Å²) in [6.45, 7) is 9.20. The summed E-state index contributed by atoms with van der Waals surface area (Å²) in [5, 5.41) is 9.30. The van der Waals surface area contributed by atoms with E-state index in [0.717, 1.165) is 37.2 Å². The molecule has 1 atom stereocenters. The molecule has 0 aromatic carbocycles. The van der Waals surface area contributed by atoms with Gasteiger partial charge in [-0.15, -0.1) is 11.6 Å². The van der Waals surface area contributed by atoms with Gasteiger partial charge in [0.05, 0.1) is 29.0 Å². The predicted octanol–water partition coefficient (Wildman–Crippen LogP) is 3.65. The molecule has 0 spiro atoms. The number of hydrogen-bond donors (Lipinski definition) is 0. The first-order chi connectivity index (χ1) is 10.0. The van der Waals surface area contributed by atoms with E-state index < -0.39 is 0 Å². The highest BCUT2D eigenvalue weighted by molar-refractivity contribution is 6.20. The van der Waals surface area contributed by atoms with Gasteiger partial charge in [0.1, 0.15) is 0 Å². The van der Waals surface area contributed by atoms with Crippen LogP contribution in [0.1, 0.15) is 61.4 Å². The summed E-state index contributed by atoms with van der Waals surface area (Å²) in [5.41, 5.74) is 5.88. The zero-order valence-corrected chi connectivity index (χ0v) is 14.4. The lowest BCUT2D eigenvalue weighted by Crippen LogP contribution is -2.10. The quantitative estimate of drug-likeness (QED) is 0.764. The van der Waals surface area contributed by atoms with Crippen molar-refractivity contribution in [2.75, 3.05) is 0 Å². The van der Waals surface area contributed by atoms with Gasteiger partial charge in [-0.25, -0.2) is 0 Å². The maximum absolute atomic E-state index is 6.37. The number of rotatable bonds is 6. The number of nitrogens with zero attached hydrogens (tertiary/aromatic N) is 4. The van der Waals surface area contributed by atoms with Crippen LogP contribution in [0.25, 0.3) is 0 Å². The maximum atomic E-state index is 6.37. The molecule has 0 N–H and O–H groups in total. The Balaban J connectivity index is 2.41. The van der Waals surface area contributed by atoms with Crippen LogP contribution >= 0.6 is 11.6 Å². The number of halogens is 1. The molecule has 0 aliphatic heterocycles. The van der Waals surface area contributed by atoms with E-state index >= 15 is 0 Å². The predicted molar refractivity (Wildman–Crippen MR) is 86.9 cm³/mol. The highest BCUT2D eigenvalue weighted by atomic mass is 35.5. The van der Waals surface area contributed by atoms with Crippen LogP contribution in [0.2, 0.25) is 0 Å². The summed E-state index contributed by atoms with van der Waals surface area (Å²) in [5.74, 6) is 0. The van der Waals surface area contributed by atoms with Crippen molar-refractivity contribution in [1.82, 2.24) is 19.6 Å². The molecular weight excluding hydrogens is 284 g/mol. The molecule has 0 aliphatic carbocycles. The normalized spacial score (nSPS) is 12.9. The third-order valence-corrected chi connectivity index (χ3v) is 4.16. The number of aromatic nitrogens is 4. The summed E-state index contributed by atoms with van der Waals surface area (Å²) in [6.07, 6.45) is 2.81. The average Bonchev–Trinajstić information content (AvgIpc) is 2.99. The Morgan fingerprint density at radius 1 is 1.14 bits per heavy atom. The van der Waals surface area contributed by atoms with Crippen molar-refractivity contribution in [3.05, 3.63) is 34.4 Å². The molecular formula is C16H25ClN4. The number of hydrogen-bond acceptors (Lipinski definition) is 2. The van der Waals surface area contributed by atoms with E-state index in [1.807, 2.05) is 18.7 Å². The average molecular weight is 309 g/mol. The molecule has 0 fully saturated rings. The lowest BCUT2D eigenvalue weighted by atomic mass is 10.1. The highest BCUT2D eigenvalue weighted by Crippen LogP contribution is 2.28. The molecule has 0 bridgehead atoms. The first kappa shape index (κ1) is 16.1. The molecule has 21 heavy (non-hydrogen) atoms. The van der Waals surface area contributed by atoms with Gasteiger partial charge in [0.2, 0.25) is 0 Å². The summed E-state index contributed by atoms with van der Waals surface area (Å²) in [4.78, 5) is 0. The smallest absolute Gasteiger partial charge is 0.0831 e. The second-order valence-corrected chi connectivity index (χ2v) is 6.05. The Labute approximate surface area is 132 Å². The van der Waals surface area contributed by atoms with Crippen LogP contribution in [0.15, 0.2) is 6.07 Å². The van der Waals surface area contributed by atoms with Gasteiger partial charge in [0.15, 0.2) is 0 Å². The third-order valence-electron chi connectivity index (χ3n) is 3.94. The SMILES string of the molecule is CCc1cc(Cn2nc(CC)c(C(C)Cl)c2CC)n(C)n1. The van der Waals surface area contributed by atoms with Gasteiger partial charge in [-0.3, -0.25) is 9.36 Å². The molecule has 5 heteroatoms. The first-order valence-corrected chi connectivity index (χ1v) is 8.19. The largest absolute Gasteiger partial charge is 0.270 e. The van der Waals surface area contributed by atoms with E-state index in [1.54, 1.807) is 0 Å². The van der Waals surface area contributed by atoms with E-state index in [9.17, 15) is 0 Å². The van der Waals surface area contributed by atoms with Crippen LogP contribution in [-0.2, 0) is 32.9 Å². The van der Waals surface area contributed by atoms with Gasteiger partial charge >= 0.3 is 0 Å². The van der Waals surface area contributed by atoms with Gasteiger partial charge in [-0.2, -0.15) is 10.2 Å². The van der Waals surface area contributed by atoms with Crippen molar-refractivity contribution in [1.29, 1.82) is 0 Å². The van der Waals surface area contributed by atoms with Crippen LogP contribution in [-0.4, -0.2) is 19.6 Å². The van der Waals surface area contributed by atoms with Crippen molar-refractivity contribution in [3.8, 4) is 0 Å². The van der Waals surface area contributed by atoms with Crippen LogP contribution in [0, 0.1) is 0 Å². The van der Waals surface area contributed by atoms with E-state index in [-0.39, 0.29) is 5.38 Å². The van der Waals surface area contributed by atoms with Crippen molar-refractivity contribution in [2.24, 2.45) is 7.05 Å². The van der Waals surface area contributed by atoms with E-state index in [0.29, 0.717) is 0 Å². The van der Waals surface area contributed by atoms with Gasteiger partial charge in [0, 0.05) is 18.3 Å². The van der Waals surface area contributed by atoms with Gasteiger partial charge in [0.25, 0.3) is 0 Å². The Morgan fingerprint density at radius 2 is 1.86 bits per heavy atom. The van der Waals surface area contributed by atoms with Crippen molar-refractivity contribution < 1.29 is 0 Å². The molecule has 2 heterocycles. The zero-order chi connectivity index (χ0) is 15.6. The summed E-state index contributed by atoms with van der Waals surface area (Å²) >= 11 is 6.37. The van der Waals surface area contributed by atoms with Crippen LogP contribution in [0.4, 0.5) is 0 Å². The Morgan fingerprint density at radius 3 is 2.33 bits per heavy atom. The van der Waals surface area contributed by atoms with E-state index in [4.69, 9.17) is 16.7 Å². The van der Waals surface area contributed by atoms with Gasteiger partial charge in [-0.1, -0.05) is 20.8 Å². The summed E-state index contributed by atoms with van der Waals surface area (Å²) in [7, 11) is 2.00. The minimum absolute atomic E-state index is 0.00129. The Bertz CT molecular complexity index is 610. The standard InChI is InChI=1S/C16H25ClN4/c1-6-12-9-13(20(5)18-12)10-21-15(8-3)16(11(4)17)14(7-2)19-21/h9,11H,6-8,10H2,1-5H3. The van der Waals surface area contributed by atoms with Crippen LogP contribution in [0.5, 0.6) is 0 Å². The lowest BCUT2D eigenvalue weighted by molar-refractivity contribution is 0.591. The zero-order valence-electron chi connectivity index (χ0n) is 13.6. The molecule has 0 aliphatic rings. The minimum atomic E-state index is 0.00129. The lowest BCUT2D eigenvalue weighted by Gasteiger charge is -2.09. The molecule has 0 amide bonds. The fourth-order valence-corrected chi connectivity index (χ4v) is 3.09. The van der Waals surface area contributed by atoms with Gasteiger partial charge < -0.3 is 0 Å². The van der Waals surface area contributed by atoms with E-state index in [2.05, 4.69) is 36.6 Å². The molecule has 0 saturated heterocycles. The highest BCUT2D eigenvalue weighted by Gasteiger charge is 2.20. The Kier molecular flexibility index (Phi) is 5.09. The third kappa shape index (κ3) is 3.15. The molecule has 2 rings (SSSR count). The molecule has 0 radical (unpaired) electrons. The second-order valence-electron chi connectivity index (χ2n) is 5.39. The number of alkyl halides is 1. The van der Waals surface area contributed by atoms with Crippen molar-refractivity contribution in [3.63, 3.8) is 0 Å². The molecule has 2 aromatic rings. The van der Waals surface area contributed by atoms with Crippen LogP contribution in [0.3, 0.4) is 0 Å².